The van der Waals surface area contributed by atoms with E-state index < -0.39 is 52.6 Å². The number of benzene rings is 10. The molecule has 10 rings (SSSR count). The van der Waals surface area contributed by atoms with E-state index in [1.54, 1.807) is 53.4 Å². The first-order valence-electron chi connectivity index (χ1n) is 35.4. The van der Waals surface area contributed by atoms with Gasteiger partial charge in [-0.15, -0.1) is 0 Å². The molecule has 106 heavy (non-hydrogen) atoms. The highest BCUT2D eigenvalue weighted by Gasteiger charge is 2.33. The lowest BCUT2D eigenvalue weighted by Crippen LogP contribution is -2.59. The summed E-state index contributed by atoms with van der Waals surface area (Å²) >= 11 is 0. The molecule has 22 heteroatoms. The molecule has 0 aliphatic rings. The number of hydrogen-bond donors (Lipinski definition) is 5. The third kappa shape index (κ3) is 22.2. The molecular weight excluding hydrogens is 1350 g/mol. The summed E-state index contributed by atoms with van der Waals surface area (Å²) in [4.78, 5) is 99.0. The molecule has 10 aromatic carbocycles. The van der Waals surface area contributed by atoms with Crippen molar-refractivity contribution in [3.63, 3.8) is 0 Å². The second-order valence-corrected chi connectivity index (χ2v) is 28.4. The second kappa shape index (κ2) is 38.2. The number of nitrogens with two attached hydrogens (primary N) is 1. The molecule has 21 nitrogen and oxygen atoms in total. The highest BCUT2D eigenvalue weighted by Crippen LogP contribution is 2.33. The number of carbonyl (C=O) groups is 6. The average Bonchev–Trinajstić information content (AvgIpc) is 0.737. The van der Waals surface area contributed by atoms with Gasteiger partial charge in [-0.25, -0.2) is 8.42 Å². The number of rotatable bonds is 36. The lowest BCUT2D eigenvalue weighted by molar-refractivity contribution is -0.143. The first-order valence-corrected chi connectivity index (χ1v) is 36.9. The maximum atomic E-state index is 15.1. The lowest BCUT2D eigenvalue weighted by Gasteiger charge is -2.30. The fourth-order valence-corrected chi connectivity index (χ4v) is 14.3. The van der Waals surface area contributed by atoms with Crippen LogP contribution >= 0.6 is 0 Å². The molecular formula is C84H94N13O8S+. The summed E-state index contributed by atoms with van der Waals surface area (Å²) < 4.78 is 31.3. The minimum atomic E-state index is -4.38. The Morgan fingerprint density at radius 2 is 0.632 bits per heavy atom. The number of fused-ring (bicyclic) bond motifs is 2. The number of nitrogens with zero attached hydrogens (tertiary/aromatic N) is 8. The van der Waals surface area contributed by atoms with Gasteiger partial charge in [0.05, 0.1) is 44.2 Å². The van der Waals surface area contributed by atoms with Gasteiger partial charge in [-0.3, -0.25) is 49.7 Å². The molecule has 0 aromatic heterocycles. The van der Waals surface area contributed by atoms with Crippen LogP contribution in [0.4, 0.5) is 11.4 Å². The molecule has 0 atom stereocenters. The lowest BCUT2D eigenvalue weighted by atomic mass is 10.0. The maximum absolute atomic E-state index is 15.1. The molecule has 0 bridgehead atoms. The zero-order valence-electron chi connectivity index (χ0n) is 60.6. The van der Waals surface area contributed by atoms with Crippen LogP contribution < -0.4 is 36.5 Å². The maximum Gasteiger partial charge on any atom is 0.341 e. The van der Waals surface area contributed by atoms with Crippen molar-refractivity contribution in [3.8, 4) is 0 Å². The SMILES string of the molecule is CN(C)c1cccc2c(CN(CC(=O)N(CC(=O)N(CC(=O)NCCNC(=[NH2+])NCCNC(=O)CN(Cc3ccccc3)C(=O)CN(Cc3ccccc3)C(=O)CN(Cc3ccccc3)S(=O)(=O)c3cccc4c(N(C)C)cccc34)Cc3ccccc3)Cc3ccccc3)Cc3ccccc3)cccc12. The first kappa shape index (κ1) is 76.9. The van der Waals surface area contributed by atoms with Crippen molar-refractivity contribution in [3.05, 3.63) is 294 Å². The van der Waals surface area contributed by atoms with E-state index >= 15 is 8.42 Å². The van der Waals surface area contributed by atoms with E-state index in [0.29, 0.717) is 29.6 Å². The summed E-state index contributed by atoms with van der Waals surface area (Å²) in [5, 5.41) is 21.6. The van der Waals surface area contributed by atoms with Gasteiger partial charge in [0.25, 0.3) is 0 Å². The summed E-state index contributed by atoms with van der Waals surface area (Å²) in [7, 11) is 3.44. The van der Waals surface area contributed by atoms with Crippen molar-refractivity contribution in [2.45, 2.75) is 50.7 Å². The predicted molar refractivity (Wildman–Crippen MR) is 418 cm³/mol. The molecule has 548 valence electrons. The summed E-state index contributed by atoms with van der Waals surface area (Å²) in [5.41, 5.74) is 7.76. The van der Waals surface area contributed by atoms with Crippen LogP contribution in [-0.4, -0.2) is 172 Å². The normalized spacial score (nSPS) is 11.2. The average molecular weight is 1450 g/mol. The Labute approximate surface area is 621 Å². The van der Waals surface area contributed by atoms with E-state index in [4.69, 9.17) is 5.41 Å². The smallest absolute Gasteiger partial charge is 0.341 e. The van der Waals surface area contributed by atoms with Gasteiger partial charge in [0.2, 0.25) is 45.5 Å². The van der Waals surface area contributed by atoms with E-state index in [9.17, 15) is 28.8 Å². The molecule has 0 radical (unpaired) electrons. The zero-order chi connectivity index (χ0) is 74.8. The topological polar surface area (TPSA) is 236 Å². The number of nitrogens with one attached hydrogen (secondary N) is 4. The molecule has 0 spiro atoms. The van der Waals surface area contributed by atoms with Gasteiger partial charge in [0.1, 0.15) is 13.1 Å². The molecule has 0 aliphatic carbocycles. The summed E-state index contributed by atoms with van der Waals surface area (Å²) in [5.74, 6) is -2.57. The highest BCUT2D eigenvalue weighted by molar-refractivity contribution is 7.89. The number of amides is 6. The minimum Gasteiger partial charge on any atom is -0.377 e. The number of hydrogen-bond acceptors (Lipinski definition) is 11. The second-order valence-electron chi connectivity index (χ2n) is 26.5. The van der Waals surface area contributed by atoms with E-state index in [0.717, 1.165) is 59.7 Å². The van der Waals surface area contributed by atoms with Crippen LogP contribution in [0.1, 0.15) is 38.9 Å². The fourth-order valence-electron chi connectivity index (χ4n) is 12.7. The molecule has 10 aromatic rings. The summed E-state index contributed by atoms with van der Waals surface area (Å²) in [6, 6.07) is 79.3. The first-order chi connectivity index (χ1) is 51.3. The van der Waals surface area contributed by atoms with Crippen molar-refractivity contribution in [2.24, 2.45) is 0 Å². The third-order valence-electron chi connectivity index (χ3n) is 18.1. The van der Waals surface area contributed by atoms with Crippen LogP contribution in [0.2, 0.25) is 0 Å². The van der Waals surface area contributed by atoms with E-state index in [1.807, 2.05) is 215 Å². The molecule has 0 unspecified atom stereocenters. The Morgan fingerprint density at radius 3 is 1.05 bits per heavy atom. The Kier molecular flexibility index (Phi) is 27.7. The zero-order valence-corrected chi connectivity index (χ0v) is 61.4. The van der Waals surface area contributed by atoms with E-state index in [1.165, 1.54) is 14.7 Å². The molecule has 6 amide bonds. The van der Waals surface area contributed by atoms with Crippen molar-refractivity contribution in [1.29, 1.82) is 0 Å². The van der Waals surface area contributed by atoms with E-state index in [-0.39, 0.29) is 102 Å². The van der Waals surface area contributed by atoms with Crippen LogP contribution in [-0.2, 0) is 84.6 Å². The van der Waals surface area contributed by atoms with Crippen LogP contribution in [0, 0.1) is 0 Å². The Bertz CT molecular complexity index is 4700. The standard InChI is InChI=1S/C84H93N13O8S/c1-90(2)75-44-24-40-71-70(39-23-41-72(71)75)57-92(51-64-27-11-5-12-28-64)60-80(100)95(54-67-33-17-8-18-34-67)61-81(101)93(52-65-29-13-6-14-30-65)58-78(98)86-47-49-88-84(85)89-50-48-87-79(99)59-94(53-66-31-15-7-16-32-66)82(102)62-96(55-68-35-19-9-20-36-68)83(103)63-97(56-69-37-21-10-22-38-69)106(104,105)77-46-26-42-73-74(77)43-25-45-76(73)91(3)4/h5-46H,47-63H2,1-4H3,(H,86,98)(H,87,99)(H3,85,88,89)/p+1. The Hall–Kier alpha value is -11.7. The molecule has 0 aliphatic heterocycles. The Balaban J connectivity index is 0.744. The fraction of sp³-hybridized carbons (Fsp3) is 0.250. The summed E-state index contributed by atoms with van der Waals surface area (Å²) in [6.45, 7) is -0.341. The van der Waals surface area contributed by atoms with E-state index in [2.05, 4.69) is 55.3 Å². The number of guanidine groups is 1. The number of sulfonamides is 1. The molecule has 0 fully saturated rings. The van der Waals surface area contributed by atoms with Gasteiger partial charge >= 0.3 is 5.96 Å². The molecule has 0 heterocycles. The largest absolute Gasteiger partial charge is 0.377 e. The van der Waals surface area contributed by atoms with Crippen molar-refractivity contribution in [2.75, 3.05) is 103 Å². The van der Waals surface area contributed by atoms with Gasteiger partial charge in [-0.1, -0.05) is 237 Å². The Morgan fingerprint density at radius 1 is 0.311 bits per heavy atom. The van der Waals surface area contributed by atoms with Crippen molar-refractivity contribution in [1.82, 2.24) is 50.1 Å². The van der Waals surface area contributed by atoms with Gasteiger partial charge < -0.3 is 40.0 Å². The van der Waals surface area contributed by atoms with Crippen LogP contribution in [0.25, 0.3) is 21.5 Å². The van der Waals surface area contributed by atoms with Crippen molar-refractivity contribution >= 4 is 84.3 Å². The number of anilines is 2. The minimum absolute atomic E-state index is 0.0101. The number of carbonyl (C=O) groups excluding carboxylic acids is 6. The van der Waals surface area contributed by atoms with Gasteiger partial charge in [-0.2, -0.15) is 4.31 Å². The molecule has 0 saturated carbocycles. The van der Waals surface area contributed by atoms with Gasteiger partial charge in [0, 0.05) is 115 Å². The molecule has 6 N–H and O–H groups in total. The monoisotopic (exact) mass is 1440 g/mol. The van der Waals surface area contributed by atoms with Crippen LogP contribution in [0.3, 0.4) is 0 Å². The quantitative estimate of drug-likeness (QED) is 0.0144. The third-order valence-corrected chi connectivity index (χ3v) is 19.9. The van der Waals surface area contributed by atoms with Gasteiger partial charge in [-0.05, 0) is 62.5 Å². The predicted octanol–water partition coefficient (Wildman–Crippen LogP) is 7.66. The highest BCUT2D eigenvalue weighted by atomic mass is 32.2. The van der Waals surface area contributed by atoms with Crippen LogP contribution in [0.15, 0.2) is 260 Å². The summed E-state index contributed by atoms with van der Waals surface area (Å²) in [6.07, 6.45) is 0. The molecule has 0 saturated heterocycles. The van der Waals surface area contributed by atoms with Crippen molar-refractivity contribution < 1.29 is 42.6 Å². The van der Waals surface area contributed by atoms with Crippen LogP contribution in [0.5, 0.6) is 0 Å². The van der Waals surface area contributed by atoms with Gasteiger partial charge in [0.15, 0.2) is 0 Å².